The fourth-order valence-corrected chi connectivity index (χ4v) is 3.17. The van der Waals surface area contributed by atoms with Gasteiger partial charge in [-0.2, -0.15) is 0 Å². The summed E-state index contributed by atoms with van der Waals surface area (Å²) in [7, 11) is 0. The van der Waals surface area contributed by atoms with Crippen molar-refractivity contribution in [3.63, 3.8) is 0 Å². The van der Waals surface area contributed by atoms with Crippen LogP contribution in [0.25, 0.3) is 0 Å². The molecule has 1 aromatic carbocycles. The Morgan fingerprint density at radius 2 is 2.05 bits per heavy atom. The summed E-state index contributed by atoms with van der Waals surface area (Å²) in [4.78, 5) is 18.0. The van der Waals surface area contributed by atoms with Gasteiger partial charge < -0.3 is 4.90 Å². The minimum atomic E-state index is -0.0227. The van der Waals surface area contributed by atoms with Crippen molar-refractivity contribution in [1.29, 1.82) is 0 Å². The van der Waals surface area contributed by atoms with Gasteiger partial charge in [-0.15, -0.1) is 0 Å². The molecule has 3 nitrogen and oxygen atoms in total. The fourth-order valence-electron chi connectivity index (χ4n) is 3.17. The SMILES string of the molecule is CC(=O)N1CC(C)(CCc2ccccc2)c2cnccc21. The molecule has 1 amide bonds. The van der Waals surface area contributed by atoms with E-state index >= 15 is 0 Å². The number of anilines is 1. The van der Waals surface area contributed by atoms with Crippen LogP contribution in [0.4, 0.5) is 5.69 Å². The van der Waals surface area contributed by atoms with Crippen LogP contribution in [0, 0.1) is 0 Å². The van der Waals surface area contributed by atoms with Crippen LogP contribution in [0.5, 0.6) is 0 Å². The highest BCUT2D eigenvalue weighted by Gasteiger charge is 2.40. The van der Waals surface area contributed by atoms with Gasteiger partial charge >= 0.3 is 0 Å². The summed E-state index contributed by atoms with van der Waals surface area (Å²) in [6.07, 6.45) is 5.71. The van der Waals surface area contributed by atoms with Gasteiger partial charge in [-0.3, -0.25) is 9.78 Å². The van der Waals surface area contributed by atoms with E-state index < -0.39 is 0 Å². The van der Waals surface area contributed by atoms with Crippen LogP contribution in [0.2, 0.25) is 0 Å². The summed E-state index contributed by atoms with van der Waals surface area (Å²) < 4.78 is 0. The van der Waals surface area contributed by atoms with Crippen molar-refractivity contribution in [2.24, 2.45) is 0 Å². The number of carbonyl (C=O) groups is 1. The van der Waals surface area contributed by atoms with E-state index in [9.17, 15) is 4.79 Å². The van der Waals surface area contributed by atoms with E-state index in [2.05, 4.69) is 36.2 Å². The molecule has 1 aromatic heterocycles. The van der Waals surface area contributed by atoms with Gasteiger partial charge in [0, 0.05) is 36.8 Å². The maximum atomic E-state index is 11.9. The zero-order chi connectivity index (χ0) is 14.9. The number of hydrogen-bond acceptors (Lipinski definition) is 2. The molecular formula is C18H20N2O. The molecule has 2 aromatic rings. The molecule has 0 aliphatic carbocycles. The summed E-state index contributed by atoms with van der Waals surface area (Å²) in [6.45, 7) is 4.61. The number of fused-ring (bicyclic) bond motifs is 1. The molecular weight excluding hydrogens is 260 g/mol. The Morgan fingerprint density at radius 3 is 2.76 bits per heavy atom. The van der Waals surface area contributed by atoms with Crippen LogP contribution in [0.15, 0.2) is 48.8 Å². The third-order valence-electron chi connectivity index (χ3n) is 4.43. The molecule has 21 heavy (non-hydrogen) atoms. The van der Waals surface area contributed by atoms with E-state index in [-0.39, 0.29) is 11.3 Å². The molecule has 0 saturated heterocycles. The van der Waals surface area contributed by atoms with Crippen LogP contribution in [0.3, 0.4) is 0 Å². The van der Waals surface area contributed by atoms with Crippen molar-refractivity contribution in [3.05, 3.63) is 59.9 Å². The first-order valence-electron chi connectivity index (χ1n) is 7.37. The maximum Gasteiger partial charge on any atom is 0.223 e. The zero-order valence-corrected chi connectivity index (χ0v) is 12.5. The first-order chi connectivity index (χ1) is 10.1. The molecule has 108 valence electrons. The Labute approximate surface area is 125 Å². The first-order valence-corrected chi connectivity index (χ1v) is 7.37. The smallest absolute Gasteiger partial charge is 0.223 e. The predicted octanol–water partition coefficient (Wildman–Crippen LogP) is 3.34. The van der Waals surface area contributed by atoms with Crippen LogP contribution in [-0.2, 0) is 16.6 Å². The molecule has 1 atom stereocenters. The Balaban J connectivity index is 1.86. The Morgan fingerprint density at radius 1 is 1.29 bits per heavy atom. The molecule has 3 heteroatoms. The van der Waals surface area contributed by atoms with Crippen molar-refractivity contribution in [3.8, 4) is 0 Å². The lowest BCUT2D eigenvalue weighted by Gasteiger charge is -2.25. The topological polar surface area (TPSA) is 33.2 Å². The number of amides is 1. The second-order valence-corrected chi connectivity index (χ2v) is 6.04. The molecule has 1 unspecified atom stereocenters. The lowest BCUT2D eigenvalue weighted by molar-refractivity contribution is -0.116. The standard InChI is InChI=1S/C18H20N2O/c1-14(21)20-13-18(2,16-12-19-11-9-17(16)20)10-8-15-6-4-3-5-7-15/h3-7,9,11-12H,8,10,13H2,1-2H3. The second kappa shape index (κ2) is 5.32. The van der Waals surface area contributed by atoms with Crippen molar-refractivity contribution < 1.29 is 4.79 Å². The monoisotopic (exact) mass is 280 g/mol. The predicted molar refractivity (Wildman–Crippen MR) is 84.4 cm³/mol. The fraction of sp³-hybridized carbons (Fsp3) is 0.333. The van der Waals surface area contributed by atoms with Gasteiger partial charge in [0.2, 0.25) is 5.91 Å². The van der Waals surface area contributed by atoms with Crippen molar-refractivity contribution in [2.75, 3.05) is 11.4 Å². The number of benzene rings is 1. The highest BCUT2D eigenvalue weighted by molar-refractivity contribution is 5.94. The van der Waals surface area contributed by atoms with E-state index in [1.54, 1.807) is 13.1 Å². The molecule has 0 saturated carbocycles. The molecule has 0 N–H and O–H groups in total. The summed E-state index contributed by atoms with van der Waals surface area (Å²) in [5.41, 5.74) is 3.53. The molecule has 1 aliphatic heterocycles. The normalized spacial score (nSPS) is 20.4. The number of aryl methyl sites for hydroxylation is 1. The van der Waals surface area contributed by atoms with Gasteiger partial charge in [-0.05, 0) is 24.5 Å². The minimum Gasteiger partial charge on any atom is -0.311 e. The minimum absolute atomic E-state index is 0.0227. The third kappa shape index (κ3) is 2.56. The maximum absolute atomic E-state index is 11.9. The summed E-state index contributed by atoms with van der Waals surface area (Å²) in [5.74, 6) is 0.103. The molecule has 0 radical (unpaired) electrons. The van der Waals surface area contributed by atoms with E-state index in [1.165, 1.54) is 11.1 Å². The summed E-state index contributed by atoms with van der Waals surface area (Å²) in [5, 5.41) is 0. The number of pyridine rings is 1. The van der Waals surface area contributed by atoms with Gasteiger partial charge in [0.1, 0.15) is 0 Å². The van der Waals surface area contributed by atoms with E-state index in [1.807, 2.05) is 23.2 Å². The largest absolute Gasteiger partial charge is 0.311 e. The van der Waals surface area contributed by atoms with Gasteiger partial charge in [-0.1, -0.05) is 37.3 Å². The van der Waals surface area contributed by atoms with Crippen LogP contribution in [0.1, 0.15) is 31.4 Å². The van der Waals surface area contributed by atoms with E-state index in [0.717, 1.165) is 25.1 Å². The Kier molecular flexibility index (Phi) is 3.50. The lowest BCUT2D eigenvalue weighted by atomic mass is 9.80. The molecule has 1 aliphatic rings. The average Bonchev–Trinajstić information content (AvgIpc) is 2.81. The van der Waals surface area contributed by atoms with Gasteiger partial charge in [-0.25, -0.2) is 0 Å². The zero-order valence-electron chi connectivity index (χ0n) is 12.5. The molecule has 0 spiro atoms. The van der Waals surface area contributed by atoms with Gasteiger partial charge in [0.15, 0.2) is 0 Å². The number of nitrogens with zero attached hydrogens (tertiary/aromatic N) is 2. The van der Waals surface area contributed by atoms with Crippen LogP contribution < -0.4 is 4.90 Å². The number of rotatable bonds is 3. The quantitative estimate of drug-likeness (QED) is 0.864. The Bertz CT molecular complexity index is 653. The lowest BCUT2D eigenvalue weighted by Crippen LogP contribution is -2.34. The highest BCUT2D eigenvalue weighted by atomic mass is 16.2. The summed E-state index contributed by atoms with van der Waals surface area (Å²) in [6, 6.07) is 12.5. The van der Waals surface area contributed by atoms with Crippen LogP contribution in [-0.4, -0.2) is 17.4 Å². The van der Waals surface area contributed by atoms with Gasteiger partial charge in [0.05, 0.1) is 5.69 Å². The molecule has 3 rings (SSSR count). The van der Waals surface area contributed by atoms with E-state index in [0.29, 0.717) is 0 Å². The molecule has 0 fully saturated rings. The van der Waals surface area contributed by atoms with Gasteiger partial charge in [0.25, 0.3) is 0 Å². The van der Waals surface area contributed by atoms with Crippen molar-refractivity contribution in [1.82, 2.24) is 4.98 Å². The molecule has 2 heterocycles. The van der Waals surface area contributed by atoms with Crippen LogP contribution >= 0.6 is 0 Å². The van der Waals surface area contributed by atoms with Crippen molar-refractivity contribution >= 4 is 11.6 Å². The van der Waals surface area contributed by atoms with E-state index in [4.69, 9.17) is 0 Å². The number of carbonyl (C=O) groups excluding carboxylic acids is 1. The van der Waals surface area contributed by atoms with Crippen molar-refractivity contribution in [2.45, 2.75) is 32.1 Å². The highest BCUT2D eigenvalue weighted by Crippen LogP contribution is 2.42. The molecule has 0 bridgehead atoms. The first kappa shape index (κ1) is 13.8. The number of hydrogen-bond donors (Lipinski definition) is 0. The Hall–Kier alpha value is -2.16. The summed E-state index contributed by atoms with van der Waals surface area (Å²) >= 11 is 0. The second-order valence-electron chi connectivity index (χ2n) is 6.04. The number of aromatic nitrogens is 1. The average molecular weight is 280 g/mol. The third-order valence-corrected chi connectivity index (χ3v) is 4.43.